The number of carbonyl (C=O) groups excluding carboxylic acids is 2. The van der Waals surface area contributed by atoms with Crippen LogP contribution in [0.1, 0.15) is 33.6 Å². The summed E-state index contributed by atoms with van der Waals surface area (Å²) in [6.45, 7) is 11.6. The molecule has 0 spiro atoms. The molecule has 1 aliphatic rings. The maximum atomic E-state index is 11.7. The maximum Gasteiger partial charge on any atom is 0.407 e. The molecule has 1 aromatic heterocycles. The molecule has 0 aromatic carbocycles. The number of nitrogens with zero attached hydrogens (tertiary/aromatic N) is 2. The van der Waals surface area contributed by atoms with Crippen LogP contribution in [0, 0.1) is 5.92 Å². The third-order valence-electron chi connectivity index (χ3n) is 4.32. The fourth-order valence-electron chi connectivity index (χ4n) is 2.81. The highest BCUT2D eigenvalue weighted by Crippen LogP contribution is 2.28. The zero-order chi connectivity index (χ0) is 22.1. The van der Waals surface area contributed by atoms with Crippen LogP contribution in [0.15, 0.2) is 35.4 Å². The predicted molar refractivity (Wildman–Crippen MR) is 117 cm³/mol. The van der Waals surface area contributed by atoms with E-state index in [9.17, 15) is 9.59 Å². The van der Waals surface area contributed by atoms with Crippen molar-refractivity contribution in [3.8, 4) is 5.88 Å². The Morgan fingerprint density at radius 1 is 1.30 bits per heavy atom. The average Bonchev–Trinajstić information content (AvgIpc) is 2.70. The van der Waals surface area contributed by atoms with Gasteiger partial charge in [-0.15, -0.1) is 0 Å². The van der Waals surface area contributed by atoms with Gasteiger partial charge in [-0.2, -0.15) is 0 Å². The van der Waals surface area contributed by atoms with Gasteiger partial charge in [-0.25, -0.2) is 14.1 Å². The number of ether oxygens (including phenoxy) is 2. The summed E-state index contributed by atoms with van der Waals surface area (Å²) >= 11 is 1.64. The minimum atomic E-state index is -0.536. The number of rotatable bonds is 8. The Kier molecular flexibility index (Phi) is 8.98. The highest BCUT2D eigenvalue weighted by molar-refractivity contribution is 7.97. The van der Waals surface area contributed by atoms with Crippen LogP contribution < -0.4 is 15.4 Å². The standard InChI is InChI=1S/C21H32N4O4S/c1-15(12-24-20(27)29-21(2,3)4)14-28-18-7-6-17(13-23-18)30-25-10-8-16(9-11-25)19(26)22-5/h6-7,13,16H,1,8-12,14H2,2-5H3,(H,22,26)(H,24,27). The molecule has 0 saturated carbocycles. The van der Waals surface area contributed by atoms with Crippen molar-refractivity contribution >= 4 is 23.9 Å². The van der Waals surface area contributed by atoms with Gasteiger partial charge >= 0.3 is 6.09 Å². The normalized spacial score (nSPS) is 15.3. The monoisotopic (exact) mass is 436 g/mol. The minimum Gasteiger partial charge on any atom is -0.473 e. The Bertz CT molecular complexity index is 726. The summed E-state index contributed by atoms with van der Waals surface area (Å²) < 4.78 is 13.1. The first-order valence-electron chi connectivity index (χ1n) is 10.0. The molecule has 0 unspecified atom stereocenters. The molecule has 1 aromatic rings. The summed E-state index contributed by atoms with van der Waals surface area (Å²) in [5.74, 6) is 0.737. The largest absolute Gasteiger partial charge is 0.473 e. The van der Waals surface area contributed by atoms with Crippen LogP contribution in [0.25, 0.3) is 0 Å². The second-order valence-corrected chi connectivity index (χ2v) is 9.31. The van der Waals surface area contributed by atoms with E-state index in [1.807, 2.05) is 32.9 Å². The Morgan fingerprint density at radius 2 is 2.00 bits per heavy atom. The van der Waals surface area contributed by atoms with Gasteiger partial charge in [0, 0.05) is 49.8 Å². The van der Waals surface area contributed by atoms with Crippen molar-refractivity contribution in [3.05, 3.63) is 30.5 Å². The number of aromatic nitrogens is 1. The molecule has 9 heteroatoms. The Balaban J connectivity index is 1.69. The van der Waals surface area contributed by atoms with E-state index in [0.717, 1.165) is 30.8 Å². The Labute approximate surface area is 182 Å². The van der Waals surface area contributed by atoms with Crippen LogP contribution in [0.2, 0.25) is 0 Å². The molecule has 2 N–H and O–H groups in total. The second-order valence-electron chi connectivity index (χ2n) is 8.14. The van der Waals surface area contributed by atoms with Gasteiger partial charge in [-0.05, 0) is 57.2 Å². The molecule has 8 nitrogen and oxygen atoms in total. The number of amides is 2. The van der Waals surface area contributed by atoms with E-state index in [1.54, 1.807) is 25.2 Å². The number of nitrogens with one attached hydrogen (secondary N) is 2. The summed E-state index contributed by atoms with van der Waals surface area (Å²) in [4.78, 5) is 28.7. The number of alkyl carbamates (subject to hydrolysis) is 1. The molecule has 2 rings (SSSR count). The number of hydrogen-bond acceptors (Lipinski definition) is 7. The summed E-state index contributed by atoms with van der Waals surface area (Å²) in [6.07, 6.45) is 3.01. The van der Waals surface area contributed by atoms with Crippen molar-refractivity contribution in [1.82, 2.24) is 19.9 Å². The van der Waals surface area contributed by atoms with Crippen molar-refractivity contribution in [3.63, 3.8) is 0 Å². The molecule has 0 radical (unpaired) electrons. The van der Waals surface area contributed by atoms with Crippen LogP contribution in [-0.4, -0.2) is 60.2 Å². The first-order chi connectivity index (χ1) is 14.2. The summed E-state index contributed by atoms with van der Waals surface area (Å²) in [5, 5.41) is 5.37. The lowest BCUT2D eigenvalue weighted by atomic mass is 9.97. The zero-order valence-corrected chi connectivity index (χ0v) is 19.0. The van der Waals surface area contributed by atoms with E-state index in [4.69, 9.17) is 9.47 Å². The van der Waals surface area contributed by atoms with E-state index < -0.39 is 11.7 Å². The number of piperidine rings is 1. The molecule has 2 amide bonds. The molecule has 2 heterocycles. The van der Waals surface area contributed by atoms with Gasteiger partial charge in [-0.3, -0.25) is 4.79 Å². The number of hydrogen-bond donors (Lipinski definition) is 2. The zero-order valence-electron chi connectivity index (χ0n) is 18.2. The quantitative estimate of drug-likeness (QED) is 0.478. The van der Waals surface area contributed by atoms with E-state index in [0.29, 0.717) is 11.5 Å². The molecule has 0 aliphatic carbocycles. The van der Waals surface area contributed by atoms with Crippen LogP contribution in [-0.2, 0) is 9.53 Å². The molecule has 1 fully saturated rings. The lowest BCUT2D eigenvalue weighted by molar-refractivity contribution is -0.125. The second kappa shape index (κ2) is 11.2. The number of carbonyl (C=O) groups is 2. The lowest BCUT2D eigenvalue weighted by Gasteiger charge is -2.29. The summed E-state index contributed by atoms with van der Waals surface area (Å²) in [7, 11) is 1.69. The fourth-order valence-corrected chi connectivity index (χ4v) is 3.73. The van der Waals surface area contributed by atoms with Gasteiger partial charge in [-0.1, -0.05) is 6.58 Å². The molecular formula is C21H32N4O4S. The van der Waals surface area contributed by atoms with Gasteiger partial charge in [0.05, 0.1) is 0 Å². The smallest absolute Gasteiger partial charge is 0.407 e. The van der Waals surface area contributed by atoms with Gasteiger partial charge < -0.3 is 20.1 Å². The first-order valence-corrected chi connectivity index (χ1v) is 10.8. The minimum absolute atomic E-state index is 0.110. The molecule has 166 valence electrons. The summed E-state index contributed by atoms with van der Waals surface area (Å²) in [5.41, 5.74) is 0.172. The Hall–Kier alpha value is -2.26. The van der Waals surface area contributed by atoms with Gasteiger partial charge in [0.2, 0.25) is 11.8 Å². The van der Waals surface area contributed by atoms with E-state index in [1.165, 1.54) is 0 Å². The first kappa shape index (κ1) is 24.0. The third kappa shape index (κ3) is 8.62. The van der Waals surface area contributed by atoms with Gasteiger partial charge in [0.15, 0.2) is 0 Å². The maximum absolute atomic E-state index is 11.7. The van der Waals surface area contributed by atoms with Crippen molar-refractivity contribution < 1.29 is 19.1 Å². The van der Waals surface area contributed by atoms with Crippen molar-refractivity contribution in [1.29, 1.82) is 0 Å². The summed E-state index contributed by atoms with van der Waals surface area (Å²) in [6, 6.07) is 3.77. The van der Waals surface area contributed by atoms with Crippen LogP contribution >= 0.6 is 11.9 Å². The highest BCUT2D eigenvalue weighted by atomic mass is 32.2. The van der Waals surface area contributed by atoms with Crippen molar-refractivity contribution in [2.24, 2.45) is 5.92 Å². The van der Waals surface area contributed by atoms with Crippen LogP contribution in [0.3, 0.4) is 0 Å². The van der Waals surface area contributed by atoms with Gasteiger partial charge in [0.1, 0.15) is 12.2 Å². The topological polar surface area (TPSA) is 92.8 Å². The molecule has 0 bridgehead atoms. The third-order valence-corrected chi connectivity index (χ3v) is 5.40. The SMILES string of the molecule is C=C(CNC(=O)OC(C)(C)C)COc1ccc(SN2CCC(C(=O)NC)CC2)cn1. The van der Waals surface area contributed by atoms with E-state index >= 15 is 0 Å². The highest BCUT2D eigenvalue weighted by Gasteiger charge is 2.24. The van der Waals surface area contributed by atoms with E-state index in [-0.39, 0.29) is 25.0 Å². The molecular weight excluding hydrogens is 404 g/mol. The molecule has 1 saturated heterocycles. The van der Waals surface area contributed by atoms with Crippen molar-refractivity contribution in [2.45, 2.75) is 44.1 Å². The van der Waals surface area contributed by atoms with E-state index in [2.05, 4.69) is 26.5 Å². The number of pyridine rings is 1. The van der Waals surface area contributed by atoms with Crippen LogP contribution in [0.5, 0.6) is 5.88 Å². The fraction of sp³-hybridized carbons (Fsp3) is 0.571. The Morgan fingerprint density at radius 3 is 2.57 bits per heavy atom. The molecule has 0 atom stereocenters. The van der Waals surface area contributed by atoms with Crippen LogP contribution in [0.4, 0.5) is 4.79 Å². The molecule has 30 heavy (non-hydrogen) atoms. The average molecular weight is 437 g/mol. The predicted octanol–water partition coefficient (Wildman–Crippen LogP) is 3.01. The van der Waals surface area contributed by atoms with Crippen molar-refractivity contribution in [2.75, 3.05) is 33.3 Å². The lowest BCUT2D eigenvalue weighted by Crippen LogP contribution is -2.36. The van der Waals surface area contributed by atoms with Gasteiger partial charge in [0.25, 0.3) is 0 Å². The molecule has 1 aliphatic heterocycles.